The van der Waals surface area contributed by atoms with Gasteiger partial charge in [0, 0.05) is 49.0 Å². The number of carbonyl (C=O) groups is 2. The van der Waals surface area contributed by atoms with E-state index in [1.807, 2.05) is 98.8 Å². The molecule has 0 spiro atoms. The van der Waals surface area contributed by atoms with Gasteiger partial charge in [-0.1, -0.05) is 194 Å². The van der Waals surface area contributed by atoms with E-state index in [1.165, 1.54) is 0 Å². The van der Waals surface area contributed by atoms with Gasteiger partial charge in [0.25, 0.3) is 0 Å². The summed E-state index contributed by atoms with van der Waals surface area (Å²) in [4.78, 5) is 41.2. The number of carbonyl (C=O) groups excluding carboxylic acids is 2. The largest absolute Gasteiger partial charge is 0.466 e. The topological polar surface area (TPSA) is 106 Å². The fourth-order valence-corrected chi connectivity index (χ4v) is 12.6. The van der Waals surface area contributed by atoms with Gasteiger partial charge in [-0.05, 0) is 108 Å². The van der Waals surface area contributed by atoms with Crippen molar-refractivity contribution in [3.63, 3.8) is 0 Å². The number of nitrogens with zero attached hydrogens (tertiary/aromatic N) is 6. The van der Waals surface area contributed by atoms with Crippen LogP contribution in [0.1, 0.15) is 25.0 Å². The molecule has 4 aromatic heterocycles. The lowest BCUT2D eigenvalue weighted by molar-refractivity contribution is -0.143. The van der Waals surface area contributed by atoms with Gasteiger partial charge in [-0.2, -0.15) is 0 Å². The van der Waals surface area contributed by atoms with Crippen LogP contribution < -0.4 is 0 Å². The van der Waals surface area contributed by atoms with Gasteiger partial charge < -0.3 is 23.2 Å². The first-order valence-electron chi connectivity index (χ1n) is 29.5. The summed E-state index contributed by atoms with van der Waals surface area (Å²) in [5.41, 5.74) is 17.3. The van der Waals surface area contributed by atoms with Gasteiger partial charge in [0.15, 0.2) is 17.5 Å². The summed E-state index contributed by atoms with van der Waals surface area (Å²) in [6.07, 6.45) is 0.397. The van der Waals surface area contributed by atoms with Gasteiger partial charge in [-0.25, -0.2) is 15.0 Å². The van der Waals surface area contributed by atoms with Crippen molar-refractivity contribution in [2.75, 3.05) is 13.2 Å². The normalized spacial score (nSPS) is 11.6. The van der Waals surface area contributed by atoms with Crippen LogP contribution in [0.2, 0.25) is 0 Å². The maximum atomic E-state index is 12.6. The lowest BCUT2D eigenvalue weighted by Crippen LogP contribution is -2.10. The highest BCUT2D eigenvalue weighted by Crippen LogP contribution is 2.46. The van der Waals surface area contributed by atoms with Crippen LogP contribution in [0.5, 0.6) is 0 Å². The van der Waals surface area contributed by atoms with Gasteiger partial charge in [0.1, 0.15) is 0 Å². The van der Waals surface area contributed by atoms with E-state index in [-0.39, 0.29) is 24.8 Å². The quantitative estimate of drug-likeness (QED) is 0.0999. The fraction of sp³-hybridized carbons (Fsp3) is 0.0779. The van der Waals surface area contributed by atoms with Crippen LogP contribution in [-0.2, 0) is 31.9 Å². The molecular formula is C77H56N6O4. The third-order valence-electron chi connectivity index (χ3n) is 16.5. The first kappa shape index (κ1) is 52.6. The Morgan fingerprint density at radius 3 is 1.00 bits per heavy atom. The predicted molar refractivity (Wildman–Crippen MR) is 351 cm³/mol. The van der Waals surface area contributed by atoms with Crippen LogP contribution in [0.15, 0.2) is 255 Å². The molecule has 0 radical (unpaired) electrons. The minimum absolute atomic E-state index is 0.199. The monoisotopic (exact) mass is 1130 g/mol. The summed E-state index contributed by atoms with van der Waals surface area (Å²) >= 11 is 0. The Morgan fingerprint density at radius 1 is 0.310 bits per heavy atom. The third-order valence-corrected chi connectivity index (χ3v) is 16.5. The minimum atomic E-state index is -0.250. The molecule has 0 bridgehead atoms. The number of para-hydroxylation sites is 4. The molecule has 4 heterocycles. The molecule has 0 N–H and O–H groups in total. The van der Waals surface area contributed by atoms with Crippen molar-refractivity contribution in [3.05, 3.63) is 266 Å². The molecule has 418 valence electrons. The molecule has 0 fully saturated rings. The molecule has 0 aliphatic rings. The van der Waals surface area contributed by atoms with Crippen molar-refractivity contribution >= 4 is 77.4 Å². The number of ether oxygens (including phenoxy) is 2. The summed E-state index contributed by atoms with van der Waals surface area (Å²) in [6, 6.07) is 89.4. The maximum Gasteiger partial charge on any atom is 0.310 e. The van der Waals surface area contributed by atoms with Gasteiger partial charge in [-0.15, -0.1) is 0 Å². The van der Waals surface area contributed by atoms with Crippen molar-refractivity contribution in [2.24, 2.45) is 0 Å². The van der Waals surface area contributed by atoms with E-state index in [0.717, 1.165) is 133 Å². The Hall–Kier alpha value is -11.2. The second kappa shape index (κ2) is 22.1. The molecule has 0 amide bonds. The number of hydrogen-bond acceptors (Lipinski definition) is 7. The van der Waals surface area contributed by atoms with Gasteiger partial charge in [0.05, 0.1) is 76.2 Å². The van der Waals surface area contributed by atoms with Crippen LogP contribution in [-0.4, -0.2) is 53.8 Å². The fourth-order valence-electron chi connectivity index (χ4n) is 12.6. The van der Waals surface area contributed by atoms with Crippen molar-refractivity contribution in [1.29, 1.82) is 0 Å². The summed E-state index contributed by atoms with van der Waals surface area (Å²) in [6.45, 7) is 4.32. The first-order chi connectivity index (χ1) is 42.9. The van der Waals surface area contributed by atoms with Gasteiger partial charge in [0.2, 0.25) is 0 Å². The average Bonchev–Trinajstić information content (AvgIpc) is 1.64. The zero-order valence-electron chi connectivity index (χ0n) is 47.9. The molecule has 0 aliphatic carbocycles. The number of benzene rings is 11. The Morgan fingerprint density at radius 2 is 0.632 bits per heavy atom. The Balaban J connectivity index is 1.07. The van der Waals surface area contributed by atoms with Gasteiger partial charge in [-0.3, -0.25) is 9.59 Å². The highest BCUT2D eigenvalue weighted by molar-refractivity contribution is 6.15. The van der Waals surface area contributed by atoms with E-state index < -0.39 is 0 Å². The van der Waals surface area contributed by atoms with Crippen LogP contribution in [0, 0.1) is 0 Å². The number of rotatable bonds is 14. The van der Waals surface area contributed by atoms with Crippen molar-refractivity contribution < 1.29 is 19.1 Å². The molecule has 11 aromatic carbocycles. The van der Waals surface area contributed by atoms with E-state index in [1.54, 1.807) is 0 Å². The van der Waals surface area contributed by atoms with E-state index in [2.05, 4.69) is 184 Å². The minimum Gasteiger partial charge on any atom is -0.466 e. The highest BCUT2D eigenvalue weighted by atomic mass is 16.5. The predicted octanol–water partition coefficient (Wildman–Crippen LogP) is 17.7. The molecule has 0 unspecified atom stereocenters. The van der Waals surface area contributed by atoms with Crippen LogP contribution in [0.25, 0.3) is 139 Å². The summed E-state index contributed by atoms with van der Waals surface area (Å²) < 4.78 is 17.9. The molecular weight excluding hydrogens is 1070 g/mol. The van der Waals surface area contributed by atoms with Crippen LogP contribution >= 0.6 is 0 Å². The average molecular weight is 1130 g/mol. The lowest BCUT2D eigenvalue weighted by atomic mass is 9.98. The molecule has 10 nitrogen and oxygen atoms in total. The molecule has 0 atom stereocenters. The molecule has 15 rings (SSSR count). The van der Waals surface area contributed by atoms with Crippen molar-refractivity contribution in [1.82, 2.24) is 28.7 Å². The smallest absolute Gasteiger partial charge is 0.310 e. The second-order valence-corrected chi connectivity index (χ2v) is 21.8. The zero-order chi connectivity index (χ0) is 58.5. The van der Waals surface area contributed by atoms with E-state index in [9.17, 15) is 9.59 Å². The standard InChI is InChI=1S/C77H56N6O4/c1-3-86-72(84)43-49-31-35-51(36-32-49)55-39-41-68-62(45-55)63-46-56(52-37-33-50(34-38-52)44-73(85)87-4-2)40-42-69(63)83(68)74-70(81-64-27-15-11-23-58(64)59-24-12-16-28-65(59)81)47-57(48-71(74)82-66-29-17-13-25-60(66)61-26-14-18-30-67(61)82)77-79-75(53-19-7-5-8-20-53)78-76(80-77)54-21-9-6-10-22-54/h5-42,45-48H,3-4,43-44H2,1-2H3. The Labute approximate surface area is 501 Å². The van der Waals surface area contributed by atoms with E-state index in [0.29, 0.717) is 30.7 Å². The molecule has 0 aliphatic heterocycles. The molecule has 0 saturated heterocycles. The number of fused-ring (bicyclic) bond motifs is 9. The summed E-state index contributed by atoms with van der Waals surface area (Å²) in [5, 5.41) is 6.58. The Kier molecular flexibility index (Phi) is 13.3. The number of esters is 2. The van der Waals surface area contributed by atoms with Crippen LogP contribution in [0.4, 0.5) is 0 Å². The first-order valence-corrected chi connectivity index (χ1v) is 29.5. The summed E-state index contributed by atoms with van der Waals surface area (Å²) in [5.74, 6) is 1.16. The summed E-state index contributed by atoms with van der Waals surface area (Å²) in [7, 11) is 0. The van der Waals surface area contributed by atoms with E-state index in [4.69, 9.17) is 24.4 Å². The molecule has 87 heavy (non-hydrogen) atoms. The molecule has 0 saturated carbocycles. The lowest BCUT2D eigenvalue weighted by Gasteiger charge is -2.23. The van der Waals surface area contributed by atoms with Crippen molar-refractivity contribution in [3.8, 4) is 73.5 Å². The van der Waals surface area contributed by atoms with Crippen molar-refractivity contribution in [2.45, 2.75) is 26.7 Å². The maximum absolute atomic E-state index is 12.6. The third kappa shape index (κ3) is 9.44. The van der Waals surface area contributed by atoms with Crippen LogP contribution in [0.3, 0.4) is 0 Å². The number of aromatic nitrogens is 6. The van der Waals surface area contributed by atoms with E-state index >= 15 is 0 Å². The second-order valence-electron chi connectivity index (χ2n) is 21.8. The Bertz CT molecular complexity index is 4740. The van der Waals surface area contributed by atoms with Gasteiger partial charge >= 0.3 is 11.9 Å². The highest BCUT2D eigenvalue weighted by Gasteiger charge is 2.28. The zero-order valence-corrected chi connectivity index (χ0v) is 47.9. The molecule has 15 aromatic rings. The molecule has 10 heteroatoms. The number of hydrogen-bond donors (Lipinski definition) is 0. The SMILES string of the molecule is CCOC(=O)Cc1ccc(-c2ccc3c(c2)c2cc(-c4ccc(CC(=O)OCC)cc4)ccc2n3-c2c(-n3c4ccccc4c4ccccc43)cc(-c3nc(-c4ccccc4)nc(-c4ccccc4)n3)cc2-n2c3ccccc3c3ccccc32)cc1.